The fourth-order valence-electron chi connectivity index (χ4n) is 5.57. The lowest BCUT2D eigenvalue weighted by atomic mass is 10.00. The Bertz CT molecular complexity index is 1810. The minimum Gasteiger partial charge on any atom is -0.481 e. The van der Waals surface area contributed by atoms with Gasteiger partial charge in [0.2, 0.25) is 5.91 Å². The molecule has 1 saturated heterocycles. The molecule has 0 aliphatic carbocycles. The fourth-order valence-corrected chi connectivity index (χ4v) is 5.57. The van der Waals surface area contributed by atoms with Gasteiger partial charge < -0.3 is 25.5 Å². The molecule has 5 N–H and O–H groups in total. The van der Waals surface area contributed by atoms with E-state index >= 15 is 0 Å². The summed E-state index contributed by atoms with van der Waals surface area (Å²) in [7, 11) is 0. The summed E-state index contributed by atoms with van der Waals surface area (Å²) in [6.07, 6.45) is 9.23. The second-order valence-corrected chi connectivity index (χ2v) is 10.7. The lowest BCUT2D eigenvalue weighted by molar-refractivity contribution is -0.138. The Morgan fingerprint density at radius 1 is 0.907 bits per heavy atom. The number of hydrogen-bond acceptors (Lipinski definition) is 4. The maximum Gasteiger partial charge on any atom is 0.303 e. The molecular weight excluding hydrogens is 548 g/mol. The fraction of sp³-hybridized carbons (Fsp3) is 0.303. The number of aliphatic imine (C=N–C) groups is 1. The van der Waals surface area contributed by atoms with Crippen molar-refractivity contribution in [2.45, 2.75) is 60.3 Å². The van der Waals surface area contributed by atoms with Crippen LogP contribution < -0.4 is 16.0 Å². The van der Waals surface area contributed by atoms with Gasteiger partial charge in [-0.1, -0.05) is 18.7 Å². The largest absolute Gasteiger partial charge is 0.481 e. The van der Waals surface area contributed by atoms with Gasteiger partial charge in [0.1, 0.15) is 0 Å². The van der Waals surface area contributed by atoms with Crippen molar-refractivity contribution in [2.75, 3.05) is 0 Å². The Kier molecular flexibility index (Phi) is 8.99. The van der Waals surface area contributed by atoms with Crippen molar-refractivity contribution in [2.24, 2.45) is 10.9 Å². The number of rotatable bonds is 10. The van der Waals surface area contributed by atoms with E-state index in [0.29, 0.717) is 38.9 Å². The molecule has 1 fully saturated rings. The van der Waals surface area contributed by atoms with Crippen LogP contribution >= 0.6 is 0 Å². The maximum absolute atomic E-state index is 12.3. The monoisotopic (exact) mass is 584 g/mol. The van der Waals surface area contributed by atoms with E-state index in [1.54, 1.807) is 13.0 Å². The van der Waals surface area contributed by atoms with Gasteiger partial charge in [0, 0.05) is 46.2 Å². The van der Waals surface area contributed by atoms with E-state index in [1.165, 1.54) is 6.08 Å². The Balaban J connectivity index is 1.91. The molecule has 224 valence electrons. The number of aliphatic carboxylic acids is 2. The number of allylic oxidation sites excluding steroid dienone is 3. The number of nitrogens with zero attached hydrogens (tertiary/aromatic N) is 1. The molecule has 0 spiro atoms. The first kappa shape index (κ1) is 31.0. The van der Waals surface area contributed by atoms with E-state index in [4.69, 9.17) is 0 Å². The molecule has 2 amide bonds. The predicted molar refractivity (Wildman–Crippen MR) is 165 cm³/mol. The highest BCUT2D eigenvalue weighted by Crippen LogP contribution is 2.29. The van der Waals surface area contributed by atoms with Gasteiger partial charge in [0.15, 0.2) is 0 Å². The van der Waals surface area contributed by atoms with Crippen LogP contribution in [0.5, 0.6) is 0 Å². The van der Waals surface area contributed by atoms with Gasteiger partial charge >= 0.3 is 11.9 Å². The SMILES string of the molecule is C=CC1=C(C)C(/C=c2\[nH]/c(=C\c3[nH]c(/C=C4\NC(=O)[C@H](C)C4=CC)c(C)c3CCC(=O)O)c(CCC(=O)O)c2C)=NC1=O. The highest BCUT2D eigenvalue weighted by Gasteiger charge is 2.29. The smallest absolute Gasteiger partial charge is 0.303 e. The molecule has 10 nitrogen and oxygen atoms in total. The number of carboxylic acids is 2. The van der Waals surface area contributed by atoms with E-state index in [2.05, 4.69) is 26.9 Å². The summed E-state index contributed by atoms with van der Waals surface area (Å²) >= 11 is 0. The zero-order valence-corrected chi connectivity index (χ0v) is 25.0. The van der Waals surface area contributed by atoms with E-state index < -0.39 is 11.9 Å². The van der Waals surface area contributed by atoms with Gasteiger partial charge in [0.25, 0.3) is 5.91 Å². The minimum absolute atomic E-state index is 0.0802. The van der Waals surface area contributed by atoms with Crippen molar-refractivity contribution in [1.82, 2.24) is 15.3 Å². The molecule has 2 aromatic heterocycles. The van der Waals surface area contributed by atoms with Crippen molar-refractivity contribution in [3.05, 3.63) is 85.5 Å². The Labute approximate surface area is 249 Å². The van der Waals surface area contributed by atoms with Crippen LogP contribution in [0.3, 0.4) is 0 Å². The number of hydrogen-bond donors (Lipinski definition) is 5. The summed E-state index contributed by atoms with van der Waals surface area (Å²) in [6, 6.07) is 0. The van der Waals surface area contributed by atoms with Crippen molar-refractivity contribution in [3.8, 4) is 0 Å². The number of carboxylic acid groups (broad SMARTS) is 2. The van der Waals surface area contributed by atoms with Crippen LogP contribution in [0.1, 0.15) is 67.3 Å². The van der Waals surface area contributed by atoms with Crippen LogP contribution in [-0.4, -0.2) is 49.6 Å². The zero-order valence-electron chi connectivity index (χ0n) is 25.0. The minimum atomic E-state index is -0.934. The molecule has 2 aliphatic rings. The third-order valence-corrected chi connectivity index (χ3v) is 8.12. The van der Waals surface area contributed by atoms with Gasteiger partial charge in [-0.05, 0) is 99.1 Å². The summed E-state index contributed by atoms with van der Waals surface area (Å²) < 4.78 is 0. The van der Waals surface area contributed by atoms with Crippen molar-refractivity contribution in [1.29, 1.82) is 0 Å². The highest BCUT2D eigenvalue weighted by atomic mass is 16.4. The number of carbonyl (C=O) groups is 4. The molecule has 0 bridgehead atoms. The summed E-state index contributed by atoms with van der Waals surface area (Å²) in [5, 5.41) is 23.1. The molecule has 0 radical (unpaired) electrons. The number of H-pyrrole nitrogens is 2. The van der Waals surface area contributed by atoms with Crippen LogP contribution in [0.4, 0.5) is 0 Å². The van der Waals surface area contributed by atoms with Crippen LogP contribution in [0.25, 0.3) is 18.2 Å². The zero-order chi connectivity index (χ0) is 31.6. The molecule has 10 heteroatoms. The Morgan fingerprint density at radius 3 is 2.14 bits per heavy atom. The molecule has 0 unspecified atom stereocenters. The van der Waals surface area contributed by atoms with Gasteiger partial charge in [-0.25, -0.2) is 4.99 Å². The quantitative estimate of drug-likeness (QED) is 0.288. The Hall–Kier alpha value is -4.99. The first-order valence-corrected chi connectivity index (χ1v) is 14.1. The van der Waals surface area contributed by atoms with Gasteiger partial charge in [0.05, 0.1) is 11.6 Å². The summed E-state index contributed by atoms with van der Waals surface area (Å²) in [5.41, 5.74) is 7.87. The van der Waals surface area contributed by atoms with Gasteiger partial charge in [-0.2, -0.15) is 0 Å². The molecule has 4 rings (SSSR count). The predicted octanol–water partition coefficient (Wildman–Crippen LogP) is 3.14. The summed E-state index contributed by atoms with van der Waals surface area (Å²) in [6.45, 7) is 13.0. The van der Waals surface area contributed by atoms with Gasteiger partial charge in [-0.3, -0.25) is 19.2 Å². The van der Waals surface area contributed by atoms with Crippen molar-refractivity contribution < 1.29 is 29.4 Å². The second-order valence-electron chi connectivity index (χ2n) is 10.7. The number of carbonyl (C=O) groups excluding carboxylic acids is 2. The Morgan fingerprint density at radius 2 is 1.56 bits per heavy atom. The number of nitrogens with one attached hydrogen (secondary N) is 3. The second kappa shape index (κ2) is 12.5. The molecule has 0 saturated carbocycles. The van der Waals surface area contributed by atoms with Crippen LogP contribution in [-0.2, 0) is 32.0 Å². The molecule has 2 aromatic rings. The van der Waals surface area contributed by atoms with Crippen molar-refractivity contribution >= 4 is 47.7 Å². The number of aromatic amines is 2. The molecule has 2 aliphatic heterocycles. The summed E-state index contributed by atoms with van der Waals surface area (Å²) in [4.78, 5) is 58.6. The number of aromatic nitrogens is 2. The molecule has 0 aromatic carbocycles. The third-order valence-electron chi connectivity index (χ3n) is 8.12. The van der Waals surface area contributed by atoms with E-state index in [9.17, 15) is 29.4 Å². The first-order valence-electron chi connectivity index (χ1n) is 14.1. The van der Waals surface area contributed by atoms with E-state index in [1.807, 2.05) is 45.9 Å². The summed E-state index contributed by atoms with van der Waals surface area (Å²) in [5.74, 6) is -2.59. The van der Waals surface area contributed by atoms with Gasteiger partial charge in [-0.15, -0.1) is 0 Å². The van der Waals surface area contributed by atoms with Crippen LogP contribution in [0, 0.1) is 19.8 Å². The average Bonchev–Trinajstić information content (AvgIpc) is 3.59. The van der Waals surface area contributed by atoms with Crippen LogP contribution in [0.2, 0.25) is 0 Å². The lowest BCUT2D eigenvalue weighted by Crippen LogP contribution is -2.16. The molecule has 1 atom stereocenters. The first-order chi connectivity index (χ1) is 20.4. The molecule has 4 heterocycles. The van der Waals surface area contributed by atoms with Crippen LogP contribution in [0.15, 0.2) is 46.1 Å². The lowest BCUT2D eigenvalue weighted by Gasteiger charge is -2.03. The standard InChI is InChI=1S/C33H36N4O6/c1-7-20-19(6)32(42)37-27(20)14-25-18(5)23(10-12-31(40)41)29(35-25)15-28-22(9-11-30(38)39)17(4)24(34-28)13-26-16(3)21(8-2)33(43)36-26/h7-8,13-15,19,34-35H,2,9-12H2,1,3-6H3,(H,37,42)(H,38,39)(H,40,41)/b20-7?,24-13-,27-14-,28-15-/t19-/m1/s1. The third kappa shape index (κ3) is 6.28. The topological polar surface area (TPSA) is 165 Å². The average molecular weight is 585 g/mol. The molecule has 43 heavy (non-hydrogen) atoms. The number of amides is 2. The highest BCUT2D eigenvalue weighted by molar-refractivity contribution is 6.31. The molecular formula is C33H36N4O6. The van der Waals surface area contributed by atoms with Crippen molar-refractivity contribution in [3.63, 3.8) is 0 Å². The van der Waals surface area contributed by atoms with E-state index in [0.717, 1.165) is 33.5 Å². The normalized spacial score (nSPS) is 19.7. The van der Waals surface area contributed by atoms with E-state index in [-0.39, 0.29) is 43.4 Å². The maximum atomic E-state index is 12.3.